The van der Waals surface area contributed by atoms with Crippen molar-refractivity contribution < 1.29 is 18.7 Å². The van der Waals surface area contributed by atoms with Crippen molar-refractivity contribution in [2.24, 2.45) is 0 Å². The molecule has 7 heteroatoms. The number of amides is 1. The van der Waals surface area contributed by atoms with Crippen LogP contribution in [0.4, 0.5) is 5.69 Å². The summed E-state index contributed by atoms with van der Waals surface area (Å²) in [6.45, 7) is 10.3. The predicted octanol–water partition coefficient (Wildman–Crippen LogP) is 5.01. The molecule has 7 nitrogen and oxygen atoms in total. The average Bonchev–Trinajstić information content (AvgIpc) is 2.87. The standard InChI is InChI=1S/C28H34N2O5/c1-4-6-23-25(34-19(3)5-2)12-9-21-17-24(28(32)35-26(21)23)27(31)29-22-10-7-20(8-11-22)18-30-13-15-33-16-14-30/h7-12,17,19H,4-6,13-16,18H2,1-3H3,(H,29,31)/t19-/m0/s1. The summed E-state index contributed by atoms with van der Waals surface area (Å²) in [6.07, 6.45) is 2.53. The van der Waals surface area contributed by atoms with Gasteiger partial charge in [-0.25, -0.2) is 4.79 Å². The van der Waals surface area contributed by atoms with Gasteiger partial charge in [0.25, 0.3) is 5.91 Å². The molecular formula is C28H34N2O5. The topological polar surface area (TPSA) is 81.0 Å². The summed E-state index contributed by atoms with van der Waals surface area (Å²) >= 11 is 0. The maximum atomic E-state index is 12.9. The quantitative estimate of drug-likeness (QED) is 0.436. The predicted molar refractivity (Wildman–Crippen MR) is 137 cm³/mol. The van der Waals surface area contributed by atoms with Crippen LogP contribution in [0.5, 0.6) is 5.75 Å². The molecule has 1 amide bonds. The minimum absolute atomic E-state index is 0.0204. The summed E-state index contributed by atoms with van der Waals surface area (Å²) in [6, 6.07) is 13.0. The number of carbonyl (C=O) groups is 1. The summed E-state index contributed by atoms with van der Waals surface area (Å²) in [7, 11) is 0. The molecule has 0 aliphatic carbocycles. The van der Waals surface area contributed by atoms with E-state index in [4.69, 9.17) is 13.9 Å². The second kappa shape index (κ2) is 11.5. The van der Waals surface area contributed by atoms with Crippen molar-refractivity contribution in [2.75, 3.05) is 31.6 Å². The molecule has 35 heavy (non-hydrogen) atoms. The highest BCUT2D eigenvalue weighted by Gasteiger charge is 2.19. The van der Waals surface area contributed by atoms with E-state index in [0.29, 0.717) is 23.1 Å². The Hall–Kier alpha value is -3.16. The second-order valence-electron chi connectivity index (χ2n) is 9.03. The van der Waals surface area contributed by atoms with Crippen molar-refractivity contribution >= 4 is 22.6 Å². The Morgan fingerprint density at radius 3 is 2.54 bits per heavy atom. The van der Waals surface area contributed by atoms with Crippen molar-refractivity contribution in [3.05, 3.63) is 69.6 Å². The van der Waals surface area contributed by atoms with Gasteiger partial charge in [0, 0.05) is 36.3 Å². The Morgan fingerprint density at radius 1 is 1.11 bits per heavy atom. The highest BCUT2D eigenvalue weighted by molar-refractivity contribution is 6.05. The summed E-state index contributed by atoms with van der Waals surface area (Å²) in [5, 5.41) is 3.53. The number of hydrogen-bond acceptors (Lipinski definition) is 6. The smallest absolute Gasteiger partial charge is 0.349 e. The first kappa shape index (κ1) is 24.9. The van der Waals surface area contributed by atoms with Gasteiger partial charge in [-0.1, -0.05) is 32.4 Å². The number of benzene rings is 2. The molecule has 1 aromatic heterocycles. The number of nitrogens with one attached hydrogen (secondary N) is 1. The third-order valence-corrected chi connectivity index (χ3v) is 6.33. The van der Waals surface area contributed by atoms with Crippen LogP contribution in [0, 0.1) is 0 Å². The fourth-order valence-electron chi connectivity index (χ4n) is 4.19. The molecular weight excluding hydrogens is 444 g/mol. The number of fused-ring (bicyclic) bond motifs is 1. The van der Waals surface area contributed by atoms with Gasteiger partial charge in [-0.2, -0.15) is 0 Å². The lowest BCUT2D eigenvalue weighted by Gasteiger charge is -2.26. The second-order valence-corrected chi connectivity index (χ2v) is 9.03. The lowest BCUT2D eigenvalue weighted by molar-refractivity contribution is 0.0342. The number of rotatable bonds is 9. The van der Waals surface area contributed by atoms with Crippen molar-refractivity contribution in [1.29, 1.82) is 0 Å². The number of hydrogen-bond donors (Lipinski definition) is 1. The zero-order valence-corrected chi connectivity index (χ0v) is 20.8. The van der Waals surface area contributed by atoms with Gasteiger partial charge in [-0.05, 0) is 55.7 Å². The molecule has 0 unspecified atom stereocenters. The molecule has 4 rings (SSSR count). The highest BCUT2D eigenvalue weighted by atomic mass is 16.5. The van der Waals surface area contributed by atoms with Gasteiger partial charge in [0.1, 0.15) is 16.9 Å². The number of morpholine rings is 1. The minimum atomic E-state index is -0.656. The third kappa shape index (κ3) is 6.10. The first-order chi connectivity index (χ1) is 17.0. The van der Waals surface area contributed by atoms with Gasteiger partial charge in [0.05, 0.1) is 19.3 Å². The Labute approximate surface area is 206 Å². The number of aryl methyl sites for hydroxylation is 1. The Kier molecular flexibility index (Phi) is 8.21. The van der Waals surface area contributed by atoms with E-state index in [0.717, 1.165) is 62.6 Å². The molecule has 2 heterocycles. The number of anilines is 1. The van der Waals surface area contributed by atoms with Crippen molar-refractivity contribution in [3.8, 4) is 5.75 Å². The maximum absolute atomic E-state index is 12.9. The Bertz CT molecular complexity index is 1210. The molecule has 1 aliphatic heterocycles. The molecule has 0 saturated carbocycles. The summed E-state index contributed by atoms with van der Waals surface area (Å²) in [5.41, 5.74) is 2.47. The van der Waals surface area contributed by atoms with Crippen molar-refractivity contribution in [2.45, 2.75) is 52.7 Å². The SMILES string of the molecule is CCCc1c(O[C@@H](C)CC)ccc2cc(C(=O)Nc3ccc(CN4CCOCC4)cc3)c(=O)oc12. The molecule has 1 aliphatic rings. The zero-order chi connectivity index (χ0) is 24.8. The van der Waals surface area contributed by atoms with Crippen molar-refractivity contribution in [1.82, 2.24) is 4.90 Å². The molecule has 1 N–H and O–H groups in total. The monoisotopic (exact) mass is 478 g/mol. The first-order valence-corrected chi connectivity index (χ1v) is 12.4. The van der Waals surface area contributed by atoms with Gasteiger partial charge < -0.3 is 19.2 Å². The van der Waals surface area contributed by atoms with E-state index < -0.39 is 11.5 Å². The van der Waals surface area contributed by atoms with Crippen LogP contribution in [0.1, 0.15) is 55.1 Å². The molecule has 2 aromatic carbocycles. The fraction of sp³-hybridized carbons (Fsp3) is 0.429. The number of carbonyl (C=O) groups excluding carboxylic acids is 1. The molecule has 0 bridgehead atoms. The molecule has 186 valence electrons. The van der Waals surface area contributed by atoms with E-state index in [2.05, 4.69) is 24.1 Å². The summed E-state index contributed by atoms with van der Waals surface area (Å²) in [4.78, 5) is 28.1. The molecule has 0 spiro atoms. The summed E-state index contributed by atoms with van der Waals surface area (Å²) < 4.78 is 17.1. The van der Waals surface area contributed by atoms with Crippen LogP contribution < -0.4 is 15.7 Å². The van der Waals surface area contributed by atoms with Crippen LogP contribution in [-0.2, 0) is 17.7 Å². The maximum Gasteiger partial charge on any atom is 0.349 e. The summed E-state index contributed by atoms with van der Waals surface area (Å²) in [5.74, 6) is 0.241. The Balaban J connectivity index is 1.53. The van der Waals surface area contributed by atoms with Crippen LogP contribution in [0.2, 0.25) is 0 Å². The van der Waals surface area contributed by atoms with E-state index in [1.165, 1.54) is 0 Å². The Morgan fingerprint density at radius 2 is 1.86 bits per heavy atom. The first-order valence-electron chi connectivity index (χ1n) is 12.4. The van der Waals surface area contributed by atoms with Crippen LogP contribution in [-0.4, -0.2) is 43.2 Å². The van der Waals surface area contributed by atoms with Crippen LogP contribution in [0.3, 0.4) is 0 Å². The van der Waals surface area contributed by atoms with Crippen molar-refractivity contribution in [3.63, 3.8) is 0 Å². The van der Waals surface area contributed by atoms with E-state index in [9.17, 15) is 9.59 Å². The van der Waals surface area contributed by atoms with E-state index >= 15 is 0 Å². The normalized spacial score (nSPS) is 15.2. The minimum Gasteiger partial charge on any atom is -0.490 e. The lowest BCUT2D eigenvalue weighted by Crippen LogP contribution is -2.35. The molecule has 1 saturated heterocycles. The zero-order valence-electron chi connectivity index (χ0n) is 20.8. The van der Waals surface area contributed by atoms with E-state index in [1.54, 1.807) is 6.07 Å². The van der Waals surface area contributed by atoms with Gasteiger partial charge in [0.2, 0.25) is 0 Å². The van der Waals surface area contributed by atoms with Crippen LogP contribution in [0.15, 0.2) is 51.7 Å². The third-order valence-electron chi connectivity index (χ3n) is 6.33. The van der Waals surface area contributed by atoms with E-state index in [-0.39, 0.29) is 11.7 Å². The molecule has 1 fully saturated rings. The van der Waals surface area contributed by atoms with Gasteiger partial charge >= 0.3 is 5.63 Å². The fourth-order valence-corrected chi connectivity index (χ4v) is 4.19. The highest BCUT2D eigenvalue weighted by Crippen LogP contribution is 2.30. The average molecular weight is 479 g/mol. The lowest BCUT2D eigenvalue weighted by atomic mass is 10.0. The number of nitrogens with zero attached hydrogens (tertiary/aromatic N) is 1. The molecule has 3 aromatic rings. The molecule has 0 radical (unpaired) electrons. The van der Waals surface area contributed by atoms with Crippen LogP contribution >= 0.6 is 0 Å². The van der Waals surface area contributed by atoms with E-state index in [1.807, 2.05) is 43.3 Å². The number of ether oxygens (including phenoxy) is 2. The van der Waals surface area contributed by atoms with Gasteiger partial charge in [-0.3, -0.25) is 9.69 Å². The van der Waals surface area contributed by atoms with Gasteiger partial charge in [0.15, 0.2) is 0 Å². The largest absolute Gasteiger partial charge is 0.490 e. The van der Waals surface area contributed by atoms with Crippen LogP contribution in [0.25, 0.3) is 11.0 Å². The molecule has 1 atom stereocenters. The van der Waals surface area contributed by atoms with Gasteiger partial charge in [-0.15, -0.1) is 0 Å².